The minimum absolute atomic E-state index is 0.0723. The van der Waals surface area contributed by atoms with E-state index in [9.17, 15) is 9.59 Å². The van der Waals surface area contributed by atoms with Crippen LogP contribution in [-0.2, 0) is 0 Å². The normalized spacial score (nSPS) is 10.6. The number of nitrogens with one attached hydrogen (secondary N) is 1. The number of aromatic nitrogens is 1. The van der Waals surface area contributed by atoms with Crippen LogP contribution in [0.3, 0.4) is 0 Å². The number of pyridine rings is 1. The van der Waals surface area contributed by atoms with Gasteiger partial charge in [0.1, 0.15) is 5.69 Å². The Labute approximate surface area is 118 Å². The third-order valence-electron chi connectivity index (χ3n) is 3.07. The van der Waals surface area contributed by atoms with Crippen LogP contribution in [-0.4, -0.2) is 53.0 Å². The van der Waals surface area contributed by atoms with Crippen molar-refractivity contribution in [3.63, 3.8) is 0 Å². The Morgan fingerprint density at radius 1 is 1.30 bits per heavy atom. The Kier molecular flexibility index (Phi) is 6.66. The van der Waals surface area contributed by atoms with Gasteiger partial charge in [0.05, 0.1) is 5.56 Å². The maximum Gasteiger partial charge on any atom is 0.337 e. The highest BCUT2D eigenvalue weighted by atomic mass is 16.4. The predicted octanol–water partition coefficient (Wildman–Crippen LogP) is 1.24. The first-order valence-electron chi connectivity index (χ1n) is 6.78. The van der Waals surface area contributed by atoms with Crippen molar-refractivity contribution >= 4 is 11.9 Å². The smallest absolute Gasteiger partial charge is 0.337 e. The minimum Gasteiger partial charge on any atom is -0.478 e. The van der Waals surface area contributed by atoms with Gasteiger partial charge in [0.15, 0.2) is 0 Å². The number of aromatic carboxylic acids is 1. The number of carboxylic acid groups (broad SMARTS) is 1. The molecule has 1 heterocycles. The lowest BCUT2D eigenvalue weighted by Gasteiger charge is -2.17. The molecule has 6 nitrogen and oxygen atoms in total. The monoisotopic (exact) mass is 279 g/mol. The number of hydrogen-bond acceptors (Lipinski definition) is 4. The van der Waals surface area contributed by atoms with Crippen molar-refractivity contribution in [2.45, 2.75) is 20.3 Å². The van der Waals surface area contributed by atoms with Gasteiger partial charge in [-0.05, 0) is 38.2 Å². The second kappa shape index (κ2) is 8.27. The van der Waals surface area contributed by atoms with E-state index < -0.39 is 5.97 Å². The largest absolute Gasteiger partial charge is 0.478 e. The first-order chi connectivity index (χ1) is 9.58. The third-order valence-corrected chi connectivity index (χ3v) is 3.07. The average molecular weight is 279 g/mol. The van der Waals surface area contributed by atoms with Crippen molar-refractivity contribution in [2.75, 3.05) is 26.2 Å². The van der Waals surface area contributed by atoms with Crippen LogP contribution in [0.15, 0.2) is 18.3 Å². The summed E-state index contributed by atoms with van der Waals surface area (Å²) in [5.41, 5.74) is 0.306. The second-order valence-corrected chi connectivity index (χ2v) is 4.37. The van der Waals surface area contributed by atoms with Crippen LogP contribution >= 0.6 is 0 Å². The molecule has 1 aromatic rings. The molecule has 2 N–H and O–H groups in total. The first kappa shape index (κ1) is 16.1. The van der Waals surface area contributed by atoms with Crippen LogP contribution < -0.4 is 5.32 Å². The molecule has 6 heteroatoms. The summed E-state index contributed by atoms with van der Waals surface area (Å²) in [6.07, 6.45) is 2.06. The molecule has 0 saturated carbocycles. The first-order valence-corrected chi connectivity index (χ1v) is 6.78. The number of rotatable bonds is 8. The van der Waals surface area contributed by atoms with E-state index in [1.54, 1.807) is 0 Å². The molecule has 0 aliphatic rings. The van der Waals surface area contributed by atoms with Gasteiger partial charge in [-0.15, -0.1) is 0 Å². The number of carboxylic acids is 1. The fourth-order valence-electron chi connectivity index (χ4n) is 1.79. The van der Waals surface area contributed by atoms with Gasteiger partial charge in [-0.3, -0.25) is 9.78 Å². The van der Waals surface area contributed by atoms with Gasteiger partial charge < -0.3 is 15.3 Å². The Balaban J connectivity index is 2.37. The van der Waals surface area contributed by atoms with Crippen LogP contribution in [0.5, 0.6) is 0 Å². The summed E-state index contributed by atoms with van der Waals surface area (Å²) in [4.78, 5) is 28.6. The highest BCUT2D eigenvalue weighted by molar-refractivity contribution is 5.93. The number of nitrogens with zero attached hydrogens (tertiary/aromatic N) is 2. The highest BCUT2D eigenvalue weighted by Gasteiger charge is 2.09. The summed E-state index contributed by atoms with van der Waals surface area (Å²) < 4.78 is 0. The van der Waals surface area contributed by atoms with E-state index in [2.05, 4.69) is 29.0 Å². The molecule has 0 unspecified atom stereocenters. The van der Waals surface area contributed by atoms with Crippen molar-refractivity contribution < 1.29 is 14.7 Å². The van der Waals surface area contributed by atoms with Gasteiger partial charge >= 0.3 is 5.97 Å². The SMILES string of the molecule is CCN(CC)CCCNC(=O)c1ccc(C(=O)O)cn1. The molecule has 0 radical (unpaired) electrons. The molecule has 110 valence electrons. The molecule has 0 aliphatic carbocycles. The molecule has 0 bridgehead atoms. The maximum atomic E-state index is 11.8. The van der Waals surface area contributed by atoms with E-state index in [1.165, 1.54) is 18.3 Å². The molecular formula is C14H21N3O3. The predicted molar refractivity (Wildman–Crippen MR) is 75.9 cm³/mol. The molecule has 0 saturated heterocycles. The van der Waals surface area contributed by atoms with Gasteiger partial charge in [0.2, 0.25) is 0 Å². The molecule has 1 amide bonds. The number of carbonyl (C=O) groups excluding carboxylic acids is 1. The standard InChI is InChI=1S/C14H21N3O3/c1-3-17(4-2)9-5-8-15-13(18)12-7-6-11(10-16-12)14(19)20/h6-7,10H,3-5,8-9H2,1-2H3,(H,15,18)(H,19,20). The fourth-order valence-corrected chi connectivity index (χ4v) is 1.79. The van der Waals surface area contributed by atoms with Crippen LogP contribution in [0, 0.1) is 0 Å². The molecule has 1 rings (SSSR count). The number of hydrogen-bond donors (Lipinski definition) is 2. The van der Waals surface area contributed by atoms with Crippen LogP contribution in [0.4, 0.5) is 0 Å². The summed E-state index contributed by atoms with van der Waals surface area (Å²) in [6.45, 7) is 7.74. The van der Waals surface area contributed by atoms with Crippen LogP contribution in [0.1, 0.15) is 41.1 Å². The zero-order valence-electron chi connectivity index (χ0n) is 11.9. The average Bonchev–Trinajstić information content (AvgIpc) is 2.47. The zero-order chi connectivity index (χ0) is 15.0. The summed E-state index contributed by atoms with van der Waals surface area (Å²) in [6, 6.07) is 2.79. The van der Waals surface area contributed by atoms with Gasteiger partial charge in [-0.25, -0.2) is 4.79 Å². The number of amides is 1. The minimum atomic E-state index is -1.05. The molecule has 1 aromatic heterocycles. The lowest BCUT2D eigenvalue weighted by molar-refractivity contribution is 0.0695. The van der Waals surface area contributed by atoms with Gasteiger partial charge in [0, 0.05) is 12.7 Å². The summed E-state index contributed by atoms with van der Waals surface area (Å²) in [5.74, 6) is -1.33. The Morgan fingerprint density at radius 2 is 2.00 bits per heavy atom. The van der Waals surface area contributed by atoms with E-state index in [1.807, 2.05) is 0 Å². The summed E-state index contributed by atoms with van der Waals surface area (Å²) >= 11 is 0. The quantitative estimate of drug-likeness (QED) is 0.700. The third kappa shape index (κ3) is 4.97. The Morgan fingerprint density at radius 3 is 2.50 bits per heavy atom. The molecule has 0 aromatic carbocycles. The van der Waals surface area contributed by atoms with Crippen molar-refractivity contribution in [1.82, 2.24) is 15.2 Å². The van der Waals surface area contributed by atoms with E-state index in [0.717, 1.165) is 26.1 Å². The molecule has 0 aliphatic heterocycles. The van der Waals surface area contributed by atoms with Crippen molar-refractivity contribution in [3.8, 4) is 0 Å². The Bertz CT molecular complexity index is 441. The molecule has 20 heavy (non-hydrogen) atoms. The van der Waals surface area contributed by atoms with E-state index in [-0.39, 0.29) is 17.2 Å². The van der Waals surface area contributed by atoms with Gasteiger partial charge in [-0.1, -0.05) is 13.8 Å². The summed E-state index contributed by atoms with van der Waals surface area (Å²) in [5, 5.41) is 11.5. The van der Waals surface area contributed by atoms with E-state index in [4.69, 9.17) is 5.11 Å². The second-order valence-electron chi connectivity index (χ2n) is 4.37. The Hall–Kier alpha value is -1.95. The molecule has 0 spiro atoms. The van der Waals surface area contributed by atoms with Crippen LogP contribution in [0.25, 0.3) is 0 Å². The lowest BCUT2D eigenvalue weighted by atomic mass is 10.2. The van der Waals surface area contributed by atoms with E-state index in [0.29, 0.717) is 6.54 Å². The summed E-state index contributed by atoms with van der Waals surface area (Å²) in [7, 11) is 0. The molecule has 0 fully saturated rings. The van der Waals surface area contributed by atoms with Crippen LogP contribution in [0.2, 0.25) is 0 Å². The lowest BCUT2D eigenvalue weighted by Crippen LogP contribution is -2.30. The maximum absolute atomic E-state index is 11.8. The van der Waals surface area contributed by atoms with Crippen molar-refractivity contribution in [1.29, 1.82) is 0 Å². The topological polar surface area (TPSA) is 82.5 Å². The van der Waals surface area contributed by atoms with E-state index >= 15 is 0 Å². The zero-order valence-corrected chi connectivity index (χ0v) is 11.9. The van der Waals surface area contributed by atoms with Crippen molar-refractivity contribution in [3.05, 3.63) is 29.6 Å². The van der Waals surface area contributed by atoms with Gasteiger partial charge in [-0.2, -0.15) is 0 Å². The number of carbonyl (C=O) groups is 2. The fraction of sp³-hybridized carbons (Fsp3) is 0.500. The molecule has 0 atom stereocenters. The van der Waals surface area contributed by atoms with Gasteiger partial charge in [0.25, 0.3) is 5.91 Å². The highest BCUT2D eigenvalue weighted by Crippen LogP contribution is 2.00. The molecular weight excluding hydrogens is 258 g/mol. The van der Waals surface area contributed by atoms with Crippen molar-refractivity contribution in [2.24, 2.45) is 0 Å².